The van der Waals surface area contributed by atoms with E-state index in [1.54, 1.807) is 0 Å². The summed E-state index contributed by atoms with van der Waals surface area (Å²) in [5, 5.41) is 0. The molecule has 0 aliphatic carbocycles. The molecule has 0 aromatic rings. The quantitative estimate of drug-likeness (QED) is 0.636. The van der Waals surface area contributed by atoms with Crippen LogP contribution in [0.4, 0.5) is 0 Å². The molecule has 1 aliphatic heterocycles. The number of alkyl halides is 1. The number of likely N-dealkylation sites (N-methyl/N-ethyl adjacent to an activating group) is 1. The first-order chi connectivity index (χ1) is 6.76. The van der Waals surface area contributed by atoms with Crippen molar-refractivity contribution in [2.75, 3.05) is 32.1 Å². The van der Waals surface area contributed by atoms with Crippen LogP contribution in [-0.4, -0.2) is 43.1 Å². The summed E-state index contributed by atoms with van der Waals surface area (Å²) in [6.45, 7) is 8.63. The second-order valence-corrected chi connectivity index (χ2v) is 4.56. The summed E-state index contributed by atoms with van der Waals surface area (Å²) in [6, 6.07) is 0. The van der Waals surface area contributed by atoms with E-state index in [1.165, 1.54) is 12.8 Å². The molecular weight excluding hydrogens is 198 g/mol. The van der Waals surface area contributed by atoms with Gasteiger partial charge in [0.25, 0.3) is 0 Å². The van der Waals surface area contributed by atoms with Gasteiger partial charge in [-0.2, -0.15) is 0 Å². The normalized spacial score (nSPS) is 24.4. The second-order valence-electron chi connectivity index (χ2n) is 4.25. The first-order valence-corrected chi connectivity index (χ1v) is 6.19. The molecule has 2 nitrogen and oxygen atoms in total. The van der Waals surface area contributed by atoms with E-state index in [4.69, 9.17) is 16.3 Å². The Labute approximate surface area is 92.6 Å². The van der Waals surface area contributed by atoms with Crippen LogP contribution in [0.5, 0.6) is 0 Å². The molecule has 0 aromatic heterocycles. The van der Waals surface area contributed by atoms with Crippen molar-refractivity contribution in [3.63, 3.8) is 0 Å². The Morgan fingerprint density at radius 3 is 2.86 bits per heavy atom. The van der Waals surface area contributed by atoms with E-state index in [9.17, 15) is 0 Å². The molecule has 1 rings (SSSR count). The van der Waals surface area contributed by atoms with Crippen LogP contribution in [0.2, 0.25) is 0 Å². The van der Waals surface area contributed by atoms with E-state index < -0.39 is 0 Å². The van der Waals surface area contributed by atoms with Gasteiger partial charge in [0.2, 0.25) is 0 Å². The molecule has 0 radical (unpaired) electrons. The molecule has 0 aromatic carbocycles. The van der Waals surface area contributed by atoms with Gasteiger partial charge in [-0.1, -0.05) is 13.8 Å². The maximum absolute atomic E-state index is 5.81. The fourth-order valence-electron chi connectivity index (χ4n) is 1.90. The molecule has 0 spiro atoms. The Balaban J connectivity index is 2.22. The van der Waals surface area contributed by atoms with E-state index in [0.29, 0.717) is 12.0 Å². The molecule has 0 bridgehead atoms. The van der Waals surface area contributed by atoms with Crippen molar-refractivity contribution in [2.45, 2.75) is 32.8 Å². The molecule has 2 unspecified atom stereocenters. The molecule has 3 heteroatoms. The fraction of sp³-hybridized carbons (Fsp3) is 1.00. The van der Waals surface area contributed by atoms with Crippen LogP contribution in [0, 0.1) is 5.92 Å². The zero-order valence-corrected chi connectivity index (χ0v) is 10.1. The Kier molecular flexibility index (Phi) is 5.83. The van der Waals surface area contributed by atoms with E-state index in [2.05, 4.69) is 18.7 Å². The van der Waals surface area contributed by atoms with Crippen molar-refractivity contribution >= 4 is 11.6 Å². The van der Waals surface area contributed by atoms with Crippen molar-refractivity contribution in [3.05, 3.63) is 0 Å². The van der Waals surface area contributed by atoms with Gasteiger partial charge in [0.05, 0.1) is 6.10 Å². The minimum atomic E-state index is 0.470. The maximum atomic E-state index is 5.81. The van der Waals surface area contributed by atoms with Gasteiger partial charge >= 0.3 is 0 Å². The molecule has 14 heavy (non-hydrogen) atoms. The highest BCUT2D eigenvalue weighted by Crippen LogP contribution is 2.14. The molecule has 1 aliphatic rings. The average Bonchev–Trinajstić information content (AvgIpc) is 2.69. The minimum absolute atomic E-state index is 0.470. The summed E-state index contributed by atoms with van der Waals surface area (Å²) in [7, 11) is 0. The molecule has 1 heterocycles. The van der Waals surface area contributed by atoms with Gasteiger partial charge in [-0.15, -0.1) is 11.6 Å². The lowest BCUT2D eigenvalue weighted by Crippen LogP contribution is -2.35. The SMILES string of the molecule is CCN(CC(C)CCl)CC1CCCO1. The van der Waals surface area contributed by atoms with Crippen LogP contribution >= 0.6 is 11.6 Å². The summed E-state index contributed by atoms with van der Waals surface area (Å²) in [6.07, 6.45) is 2.93. The first-order valence-electron chi connectivity index (χ1n) is 5.66. The lowest BCUT2D eigenvalue weighted by molar-refractivity contribution is 0.0713. The summed E-state index contributed by atoms with van der Waals surface area (Å²) in [5.74, 6) is 1.33. The molecule has 0 saturated carbocycles. The first kappa shape index (κ1) is 12.3. The predicted molar refractivity (Wildman–Crippen MR) is 61.0 cm³/mol. The van der Waals surface area contributed by atoms with Crippen LogP contribution in [-0.2, 0) is 4.74 Å². The van der Waals surface area contributed by atoms with Gasteiger partial charge < -0.3 is 9.64 Å². The number of ether oxygens (including phenoxy) is 1. The third-order valence-electron chi connectivity index (χ3n) is 2.77. The van der Waals surface area contributed by atoms with Gasteiger partial charge in [-0.3, -0.25) is 0 Å². The summed E-state index contributed by atoms with van der Waals surface area (Å²) in [5.41, 5.74) is 0. The van der Waals surface area contributed by atoms with Crippen molar-refractivity contribution in [3.8, 4) is 0 Å². The smallest absolute Gasteiger partial charge is 0.0702 e. The maximum Gasteiger partial charge on any atom is 0.0702 e. The molecule has 0 amide bonds. The predicted octanol–water partition coefficient (Wildman–Crippen LogP) is 2.36. The fourth-order valence-corrected chi connectivity index (χ4v) is 2.00. The number of hydrogen-bond donors (Lipinski definition) is 0. The highest BCUT2D eigenvalue weighted by Gasteiger charge is 2.19. The molecular formula is C11H22ClNO. The van der Waals surface area contributed by atoms with Gasteiger partial charge in [0.1, 0.15) is 0 Å². The zero-order chi connectivity index (χ0) is 10.4. The Hall–Kier alpha value is 0.210. The number of hydrogen-bond acceptors (Lipinski definition) is 2. The van der Waals surface area contributed by atoms with Gasteiger partial charge in [0.15, 0.2) is 0 Å². The minimum Gasteiger partial charge on any atom is -0.377 e. The third-order valence-corrected chi connectivity index (χ3v) is 3.29. The van der Waals surface area contributed by atoms with Gasteiger partial charge in [0, 0.05) is 25.6 Å². The summed E-state index contributed by atoms with van der Waals surface area (Å²) in [4.78, 5) is 2.45. The number of halogens is 1. The molecule has 2 atom stereocenters. The Morgan fingerprint density at radius 1 is 1.57 bits per heavy atom. The average molecular weight is 220 g/mol. The highest BCUT2D eigenvalue weighted by atomic mass is 35.5. The summed E-state index contributed by atoms with van der Waals surface area (Å²) < 4.78 is 5.63. The van der Waals surface area contributed by atoms with Crippen LogP contribution in [0.3, 0.4) is 0 Å². The molecule has 1 fully saturated rings. The molecule has 84 valence electrons. The standard InChI is InChI=1S/C11H22ClNO/c1-3-13(8-10(2)7-12)9-11-5-4-6-14-11/h10-11H,3-9H2,1-2H3. The molecule has 1 saturated heterocycles. The number of rotatable bonds is 6. The van der Waals surface area contributed by atoms with Crippen molar-refractivity contribution in [2.24, 2.45) is 5.92 Å². The van der Waals surface area contributed by atoms with E-state index in [0.717, 1.165) is 32.1 Å². The second kappa shape index (κ2) is 6.65. The highest BCUT2D eigenvalue weighted by molar-refractivity contribution is 6.18. The largest absolute Gasteiger partial charge is 0.377 e. The third kappa shape index (κ3) is 4.16. The summed E-state index contributed by atoms with van der Waals surface area (Å²) >= 11 is 5.81. The van der Waals surface area contributed by atoms with Crippen LogP contribution in [0.25, 0.3) is 0 Å². The topological polar surface area (TPSA) is 12.5 Å². The Bertz CT molecular complexity index is 148. The van der Waals surface area contributed by atoms with E-state index in [1.807, 2.05) is 0 Å². The van der Waals surface area contributed by atoms with Crippen molar-refractivity contribution in [1.29, 1.82) is 0 Å². The Morgan fingerprint density at radius 2 is 2.36 bits per heavy atom. The number of nitrogens with zero attached hydrogens (tertiary/aromatic N) is 1. The zero-order valence-electron chi connectivity index (χ0n) is 9.34. The van der Waals surface area contributed by atoms with Crippen LogP contribution in [0.15, 0.2) is 0 Å². The van der Waals surface area contributed by atoms with Crippen molar-refractivity contribution < 1.29 is 4.74 Å². The molecule has 0 N–H and O–H groups in total. The lowest BCUT2D eigenvalue weighted by Gasteiger charge is -2.25. The van der Waals surface area contributed by atoms with Crippen LogP contribution in [0.1, 0.15) is 26.7 Å². The lowest BCUT2D eigenvalue weighted by atomic mass is 10.1. The van der Waals surface area contributed by atoms with Crippen molar-refractivity contribution in [1.82, 2.24) is 4.90 Å². The van der Waals surface area contributed by atoms with Gasteiger partial charge in [-0.05, 0) is 25.3 Å². The monoisotopic (exact) mass is 219 g/mol. The van der Waals surface area contributed by atoms with E-state index in [-0.39, 0.29) is 0 Å². The van der Waals surface area contributed by atoms with Gasteiger partial charge in [-0.25, -0.2) is 0 Å². The van der Waals surface area contributed by atoms with E-state index >= 15 is 0 Å². The van der Waals surface area contributed by atoms with Crippen LogP contribution < -0.4 is 0 Å².